The van der Waals surface area contributed by atoms with Crippen LogP contribution in [0.25, 0.3) is 0 Å². The highest BCUT2D eigenvalue weighted by Crippen LogP contribution is 2.28. The van der Waals surface area contributed by atoms with Gasteiger partial charge in [0.2, 0.25) is 0 Å². The number of hydrogen-bond acceptors (Lipinski definition) is 2. The second-order valence-electron chi connectivity index (χ2n) is 4.20. The van der Waals surface area contributed by atoms with Gasteiger partial charge in [0.25, 0.3) is 0 Å². The number of nitrogens with two attached hydrogens (primary N) is 1. The van der Waals surface area contributed by atoms with E-state index in [2.05, 4.69) is 0 Å². The predicted octanol–water partition coefficient (Wildman–Crippen LogP) is 2.32. The molecule has 0 amide bonds. The Morgan fingerprint density at radius 1 is 1.31 bits per heavy atom. The van der Waals surface area contributed by atoms with Crippen LogP contribution in [-0.4, -0.2) is 19.8 Å². The summed E-state index contributed by atoms with van der Waals surface area (Å²) in [5.41, 5.74) is 6.12. The Labute approximate surface area is 81.8 Å². The molecule has 78 valence electrons. The summed E-state index contributed by atoms with van der Waals surface area (Å²) in [5, 5.41) is 0. The summed E-state index contributed by atoms with van der Waals surface area (Å²) in [6.45, 7) is 0.886. The molecule has 13 heavy (non-hydrogen) atoms. The molecule has 1 fully saturated rings. The number of unbranched alkanes of at least 4 members (excludes halogenated alkanes) is 1. The van der Waals surface area contributed by atoms with Crippen LogP contribution < -0.4 is 5.73 Å². The molecule has 1 atom stereocenters. The molecule has 2 N–H and O–H groups in total. The zero-order valence-electron chi connectivity index (χ0n) is 8.80. The summed E-state index contributed by atoms with van der Waals surface area (Å²) in [5.74, 6) is 0.822. The average molecular weight is 185 g/mol. The summed E-state index contributed by atoms with van der Waals surface area (Å²) >= 11 is 0. The topological polar surface area (TPSA) is 35.2 Å². The van der Waals surface area contributed by atoms with E-state index < -0.39 is 0 Å². The van der Waals surface area contributed by atoms with E-state index in [1.54, 1.807) is 7.11 Å². The van der Waals surface area contributed by atoms with Gasteiger partial charge in [0.1, 0.15) is 0 Å². The number of rotatable bonds is 6. The normalized spacial score (nSPS) is 20.8. The first-order chi connectivity index (χ1) is 6.34. The van der Waals surface area contributed by atoms with Gasteiger partial charge in [0.15, 0.2) is 0 Å². The number of hydrogen-bond donors (Lipinski definition) is 1. The summed E-state index contributed by atoms with van der Waals surface area (Å²) in [4.78, 5) is 0. The third-order valence-corrected chi connectivity index (χ3v) is 3.14. The van der Waals surface area contributed by atoms with E-state index in [9.17, 15) is 0 Å². The van der Waals surface area contributed by atoms with Gasteiger partial charge < -0.3 is 10.5 Å². The molecule has 0 saturated heterocycles. The van der Waals surface area contributed by atoms with Gasteiger partial charge in [-0.1, -0.05) is 12.8 Å². The molecule has 1 saturated carbocycles. The van der Waals surface area contributed by atoms with Gasteiger partial charge in [0.05, 0.1) is 0 Å². The second kappa shape index (κ2) is 6.39. The van der Waals surface area contributed by atoms with Crippen LogP contribution in [0.5, 0.6) is 0 Å². The van der Waals surface area contributed by atoms with Gasteiger partial charge in [-0.25, -0.2) is 0 Å². The van der Waals surface area contributed by atoms with E-state index in [1.807, 2.05) is 0 Å². The Morgan fingerprint density at radius 2 is 2.00 bits per heavy atom. The van der Waals surface area contributed by atoms with Crippen molar-refractivity contribution < 1.29 is 4.74 Å². The van der Waals surface area contributed by atoms with Crippen molar-refractivity contribution in [2.45, 2.75) is 51.0 Å². The van der Waals surface area contributed by atoms with Gasteiger partial charge in [-0.2, -0.15) is 0 Å². The Morgan fingerprint density at radius 3 is 2.62 bits per heavy atom. The summed E-state index contributed by atoms with van der Waals surface area (Å²) in [6, 6.07) is 0.458. The Balaban J connectivity index is 1.99. The lowest BCUT2D eigenvalue weighted by Gasteiger charge is -2.18. The molecule has 1 rings (SSSR count). The Kier molecular flexibility index (Phi) is 5.40. The highest BCUT2D eigenvalue weighted by molar-refractivity contribution is 4.77. The average Bonchev–Trinajstić information content (AvgIpc) is 2.65. The molecular formula is C11H23NO. The van der Waals surface area contributed by atoms with E-state index in [0.717, 1.165) is 18.9 Å². The maximum atomic E-state index is 6.12. The maximum Gasteiger partial charge on any atom is 0.0462 e. The lowest BCUT2D eigenvalue weighted by molar-refractivity contribution is 0.190. The Bertz CT molecular complexity index is 121. The van der Waals surface area contributed by atoms with Crippen molar-refractivity contribution in [3.05, 3.63) is 0 Å². The maximum absolute atomic E-state index is 6.12. The Hall–Kier alpha value is -0.0800. The molecule has 2 heteroatoms. The molecular weight excluding hydrogens is 162 g/mol. The molecule has 1 unspecified atom stereocenters. The van der Waals surface area contributed by atoms with Crippen molar-refractivity contribution >= 4 is 0 Å². The van der Waals surface area contributed by atoms with E-state index >= 15 is 0 Å². The number of methoxy groups -OCH3 is 1. The highest BCUT2D eigenvalue weighted by atomic mass is 16.5. The molecule has 0 aliphatic heterocycles. The van der Waals surface area contributed by atoms with Gasteiger partial charge in [-0.05, 0) is 38.0 Å². The van der Waals surface area contributed by atoms with E-state index in [0.29, 0.717) is 6.04 Å². The first-order valence-electron chi connectivity index (χ1n) is 5.59. The van der Waals surface area contributed by atoms with Crippen molar-refractivity contribution in [3.8, 4) is 0 Å². The molecule has 0 bridgehead atoms. The molecule has 1 aliphatic rings. The molecule has 0 aromatic carbocycles. The quantitative estimate of drug-likeness (QED) is 0.644. The minimum Gasteiger partial charge on any atom is -0.385 e. The van der Waals surface area contributed by atoms with Crippen LogP contribution in [0.1, 0.15) is 44.9 Å². The predicted molar refractivity (Wildman–Crippen MR) is 55.7 cm³/mol. The van der Waals surface area contributed by atoms with Crippen LogP contribution in [0, 0.1) is 5.92 Å². The fourth-order valence-corrected chi connectivity index (χ4v) is 2.25. The van der Waals surface area contributed by atoms with Crippen LogP contribution in [0.15, 0.2) is 0 Å². The van der Waals surface area contributed by atoms with Gasteiger partial charge in [-0.15, -0.1) is 0 Å². The van der Waals surface area contributed by atoms with Gasteiger partial charge >= 0.3 is 0 Å². The zero-order chi connectivity index (χ0) is 9.52. The molecule has 0 heterocycles. The molecule has 0 aromatic heterocycles. The van der Waals surface area contributed by atoms with Gasteiger partial charge in [0, 0.05) is 19.8 Å². The molecule has 0 radical (unpaired) electrons. The van der Waals surface area contributed by atoms with E-state index in [1.165, 1.54) is 38.5 Å². The van der Waals surface area contributed by atoms with E-state index in [-0.39, 0.29) is 0 Å². The lowest BCUT2D eigenvalue weighted by atomic mass is 9.94. The fourth-order valence-electron chi connectivity index (χ4n) is 2.25. The largest absolute Gasteiger partial charge is 0.385 e. The monoisotopic (exact) mass is 185 g/mol. The van der Waals surface area contributed by atoms with Crippen LogP contribution in [0.3, 0.4) is 0 Å². The van der Waals surface area contributed by atoms with Crippen LogP contribution >= 0.6 is 0 Å². The summed E-state index contributed by atoms with van der Waals surface area (Å²) < 4.78 is 5.01. The first-order valence-corrected chi connectivity index (χ1v) is 5.59. The van der Waals surface area contributed by atoms with Crippen molar-refractivity contribution in [3.63, 3.8) is 0 Å². The van der Waals surface area contributed by atoms with Crippen LogP contribution in [-0.2, 0) is 4.74 Å². The molecule has 0 aromatic rings. The fraction of sp³-hybridized carbons (Fsp3) is 1.00. The SMILES string of the molecule is COCCCCC(N)C1CCCC1. The zero-order valence-corrected chi connectivity index (χ0v) is 8.80. The smallest absolute Gasteiger partial charge is 0.0462 e. The minimum absolute atomic E-state index is 0.458. The van der Waals surface area contributed by atoms with Crippen molar-refractivity contribution in [1.29, 1.82) is 0 Å². The molecule has 0 spiro atoms. The standard InChI is InChI=1S/C11H23NO/c1-13-9-5-4-8-11(12)10-6-2-3-7-10/h10-11H,2-9,12H2,1H3. The third kappa shape index (κ3) is 4.10. The van der Waals surface area contributed by atoms with Crippen molar-refractivity contribution in [2.75, 3.05) is 13.7 Å². The molecule has 1 aliphatic carbocycles. The second-order valence-corrected chi connectivity index (χ2v) is 4.20. The summed E-state index contributed by atoms with van der Waals surface area (Å²) in [6.07, 6.45) is 9.11. The van der Waals surface area contributed by atoms with Crippen molar-refractivity contribution in [2.24, 2.45) is 11.7 Å². The number of ether oxygens (including phenoxy) is 1. The van der Waals surface area contributed by atoms with Crippen molar-refractivity contribution in [1.82, 2.24) is 0 Å². The van der Waals surface area contributed by atoms with E-state index in [4.69, 9.17) is 10.5 Å². The minimum atomic E-state index is 0.458. The van der Waals surface area contributed by atoms with Crippen LogP contribution in [0.2, 0.25) is 0 Å². The summed E-state index contributed by atoms with van der Waals surface area (Å²) in [7, 11) is 1.76. The molecule has 2 nitrogen and oxygen atoms in total. The van der Waals surface area contributed by atoms with Gasteiger partial charge in [-0.3, -0.25) is 0 Å². The van der Waals surface area contributed by atoms with Crippen LogP contribution in [0.4, 0.5) is 0 Å². The first kappa shape index (κ1) is 11.0. The third-order valence-electron chi connectivity index (χ3n) is 3.14. The lowest BCUT2D eigenvalue weighted by Crippen LogP contribution is -2.28. The highest BCUT2D eigenvalue weighted by Gasteiger charge is 2.21.